The number of H-pyrrole nitrogens is 1. The van der Waals surface area contributed by atoms with Gasteiger partial charge in [0.15, 0.2) is 11.6 Å². The molecule has 3 rings (SSSR count). The van der Waals surface area contributed by atoms with Crippen LogP contribution in [0.1, 0.15) is 40.9 Å². The molecule has 0 fully saturated rings. The number of carbonyl (C=O) groups is 2. The molecule has 0 aliphatic carbocycles. The second kappa shape index (κ2) is 11.7. The summed E-state index contributed by atoms with van der Waals surface area (Å²) in [7, 11) is 1.34. The van der Waals surface area contributed by atoms with Crippen LogP contribution in [0.25, 0.3) is 0 Å². The number of methoxy groups -OCH3 is 1. The molecule has 0 aliphatic heterocycles. The fraction of sp³-hybridized carbons (Fsp3) is 0.231. The second-order valence-corrected chi connectivity index (χ2v) is 8.16. The number of ether oxygens (including phenoxy) is 1. The van der Waals surface area contributed by atoms with Crippen LogP contribution < -0.4 is 26.6 Å². The van der Waals surface area contributed by atoms with E-state index in [1.807, 2.05) is 13.8 Å². The van der Waals surface area contributed by atoms with Crippen molar-refractivity contribution in [2.75, 3.05) is 7.11 Å². The Bertz CT molecular complexity index is 1450. The van der Waals surface area contributed by atoms with Crippen LogP contribution >= 0.6 is 0 Å². The Labute approximate surface area is 206 Å². The van der Waals surface area contributed by atoms with E-state index in [1.54, 1.807) is 24.3 Å². The van der Waals surface area contributed by atoms with Crippen LogP contribution in [0.4, 0.5) is 4.39 Å². The summed E-state index contributed by atoms with van der Waals surface area (Å²) >= 11 is 0. The first kappa shape index (κ1) is 26.0. The summed E-state index contributed by atoms with van der Waals surface area (Å²) in [5.41, 5.74) is 0.376. The highest BCUT2D eigenvalue weighted by Gasteiger charge is 2.09. The van der Waals surface area contributed by atoms with Crippen molar-refractivity contribution in [2.45, 2.75) is 33.0 Å². The third-order valence-electron chi connectivity index (χ3n) is 4.98. The molecule has 0 aliphatic rings. The standard InChI is InChI=1S/C26H25FN4O5/c1-16(2)29-24(33)19-7-4-17(5-8-19)14-31-15-20(25(34)30-26(31)35)9-11-23(32)28-13-18-6-10-21(27)22(12-18)36-3/h4-8,10,12,15-16H,13-14H2,1-3H3,(H,28,32)(H,29,33)(H,30,34,35). The maximum atomic E-state index is 13.5. The first-order chi connectivity index (χ1) is 17.2. The first-order valence-corrected chi connectivity index (χ1v) is 11.0. The minimum Gasteiger partial charge on any atom is -0.494 e. The zero-order valence-electron chi connectivity index (χ0n) is 20.0. The van der Waals surface area contributed by atoms with Crippen molar-refractivity contribution < 1.29 is 18.7 Å². The Hall–Kier alpha value is -4.65. The summed E-state index contributed by atoms with van der Waals surface area (Å²) in [6.45, 7) is 3.92. The lowest BCUT2D eigenvalue weighted by molar-refractivity contribution is -0.115. The van der Waals surface area contributed by atoms with Gasteiger partial charge >= 0.3 is 5.69 Å². The van der Waals surface area contributed by atoms with Gasteiger partial charge in [-0.05, 0) is 55.2 Å². The van der Waals surface area contributed by atoms with E-state index in [0.717, 1.165) is 5.56 Å². The van der Waals surface area contributed by atoms with E-state index in [4.69, 9.17) is 4.74 Å². The molecule has 9 nitrogen and oxygen atoms in total. The van der Waals surface area contributed by atoms with Gasteiger partial charge in [-0.2, -0.15) is 0 Å². The number of hydrogen-bond donors (Lipinski definition) is 3. The molecule has 0 bridgehead atoms. The van der Waals surface area contributed by atoms with E-state index in [0.29, 0.717) is 11.1 Å². The van der Waals surface area contributed by atoms with E-state index in [2.05, 4.69) is 27.5 Å². The fourth-order valence-corrected chi connectivity index (χ4v) is 3.18. The van der Waals surface area contributed by atoms with Crippen LogP contribution in [0.2, 0.25) is 0 Å². The molecule has 186 valence electrons. The van der Waals surface area contributed by atoms with Crippen LogP contribution in [0, 0.1) is 17.7 Å². The molecule has 10 heteroatoms. The Morgan fingerprint density at radius 3 is 2.47 bits per heavy atom. The minimum absolute atomic E-state index is 0.00457. The number of nitrogens with zero attached hydrogens (tertiary/aromatic N) is 1. The van der Waals surface area contributed by atoms with Crippen molar-refractivity contribution in [1.82, 2.24) is 20.2 Å². The number of nitrogens with one attached hydrogen (secondary N) is 3. The van der Waals surface area contributed by atoms with Gasteiger partial charge in [-0.25, -0.2) is 9.18 Å². The van der Waals surface area contributed by atoms with Gasteiger partial charge in [-0.3, -0.25) is 23.9 Å². The van der Waals surface area contributed by atoms with Crippen molar-refractivity contribution in [3.8, 4) is 17.6 Å². The predicted molar refractivity (Wildman–Crippen MR) is 131 cm³/mol. The SMILES string of the molecule is COc1cc(CNC(=O)C#Cc2cn(Cc3ccc(C(=O)NC(C)C)cc3)c(=O)[nH]c2=O)ccc1F. The van der Waals surface area contributed by atoms with Crippen LogP contribution in [0.15, 0.2) is 58.3 Å². The third kappa shape index (κ3) is 6.93. The molecule has 0 spiro atoms. The minimum atomic E-state index is -0.722. The maximum Gasteiger partial charge on any atom is 0.328 e. The average Bonchev–Trinajstić information content (AvgIpc) is 2.84. The molecule has 1 heterocycles. The molecular weight excluding hydrogens is 467 g/mol. The van der Waals surface area contributed by atoms with Crippen molar-refractivity contribution >= 4 is 11.8 Å². The van der Waals surface area contributed by atoms with Gasteiger partial charge in [-0.1, -0.05) is 18.2 Å². The molecular formula is C26H25FN4O5. The normalized spacial score (nSPS) is 10.4. The lowest BCUT2D eigenvalue weighted by Gasteiger charge is -2.09. The number of amides is 2. The number of benzene rings is 2. The van der Waals surface area contributed by atoms with Crippen molar-refractivity contribution in [3.05, 3.63) is 97.6 Å². The van der Waals surface area contributed by atoms with Crippen molar-refractivity contribution in [1.29, 1.82) is 0 Å². The Morgan fingerprint density at radius 1 is 1.11 bits per heavy atom. The van der Waals surface area contributed by atoms with Gasteiger partial charge in [-0.15, -0.1) is 0 Å². The van der Waals surface area contributed by atoms with Gasteiger partial charge in [0, 0.05) is 30.3 Å². The lowest BCUT2D eigenvalue weighted by atomic mass is 10.1. The third-order valence-corrected chi connectivity index (χ3v) is 4.98. The highest BCUT2D eigenvalue weighted by molar-refractivity contribution is 5.94. The molecule has 0 radical (unpaired) electrons. The molecule has 3 N–H and O–H groups in total. The number of hydrogen-bond acceptors (Lipinski definition) is 5. The zero-order chi connectivity index (χ0) is 26.2. The molecule has 2 amide bonds. The van der Waals surface area contributed by atoms with E-state index >= 15 is 0 Å². The van der Waals surface area contributed by atoms with Gasteiger partial charge in [0.2, 0.25) is 0 Å². The number of rotatable bonds is 7. The maximum absolute atomic E-state index is 13.5. The second-order valence-electron chi connectivity index (χ2n) is 8.16. The zero-order valence-corrected chi connectivity index (χ0v) is 20.0. The summed E-state index contributed by atoms with van der Waals surface area (Å²) in [6, 6.07) is 10.9. The summed E-state index contributed by atoms with van der Waals surface area (Å²) in [6.07, 6.45) is 1.27. The van der Waals surface area contributed by atoms with Crippen LogP contribution in [-0.4, -0.2) is 34.5 Å². The van der Waals surface area contributed by atoms with Crippen molar-refractivity contribution in [2.24, 2.45) is 0 Å². The number of carbonyl (C=O) groups excluding carboxylic acids is 2. The summed E-state index contributed by atoms with van der Waals surface area (Å²) < 4.78 is 19.6. The average molecular weight is 493 g/mol. The highest BCUT2D eigenvalue weighted by Crippen LogP contribution is 2.17. The fourth-order valence-electron chi connectivity index (χ4n) is 3.18. The molecule has 36 heavy (non-hydrogen) atoms. The first-order valence-electron chi connectivity index (χ1n) is 11.0. The largest absolute Gasteiger partial charge is 0.494 e. The molecule has 0 unspecified atom stereocenters. The topological polar surface area (TPSA) is 122 Å². The van der Waals surface area contributed by atoms with Crippen LogP contribution in [0.5, 0.6) is 5.75 Å². The molecule has 3 aromatic rings. The molecule has 0 saturated carbocycles. The smallest absolute Gasteiger partial charge is 0.328 e. The molecule has 1 aromatic heterocycles. The quantitative estimate of drug-likeness (QED) is 0.432. The molecule has 0 atom stereocenters. The predicted octanol–water partition coefficient (Wildman–Crippen LogP) is 1.54. The lowest BCUT2D eigenvalue weighted by Crippen LogP contribution is -2.31. The summed E-state index contributed by atoms with van der Waals surface area (Å²) in [4.78, 5) is 50.8. The van der Waals surface area contributed by atoms with Crippen LogP contribution in [-0.2, 0) is 17.9 Å². The summed E-state index contributed by atoms with van der Waals surface area (Å²) in [5.74, 6) is 3.45. The van der Waals surface area contributed by atoms with Gasteiger partial charge in [0.25, 0.3) is 17.4 Å². The van der Waals surface area contributed by atoms with Gasteiger partial charge in [0.05, 0.1) is 13.7 Å². The van der Waals surface area contributed by atoms with E-state index in [9.17, 15) is 23.6 Å². The van der Waals surface area contributed by atoms with Gasteiger partial charge in [0.1, 0.15) is 5.56 Å². The Balaban J connectivity index is 1.70. The Kier molecular flexibility index (Phi) is 8.41. The van der Waals surface area contributed by atoms with Crippen molar-refractivity contribution in [3.63, 3.8) is 0 Å². The van der Waals surface area contributed by atoms with E-state index in [-0.39, 0.29) is 36.4 Å². The monoisotopic (exact) mass is 492 g/mol. The molecule has 0 saturated heterocycles. The highest BCUT2D eigenvalue weighted by atomic mass is 19.1. The number of aromatic nitrogens is 2. The van der Waals surface area contributed by atoms with Gasteiger partial charge < -0.3 is 15.4 Å². The number of aromatic amines is 1. The summed E-state index contributed by atoms with van der Waals surface area (Å²) in [5, 5.41) is 5.34. The molecule has 2 aromatic carbocycles. The number of halogens is 1. The van der Waals surface area contributed by atoms with E-state index < -0.39 is 23.0 Å². The Morgan fingerprint density at radius 2 is 1.81 bits per heavy atom. The van der Waals surface area contributed by atoms with Crippen LogP contribution in [0.3, 0.4) is 0 Å². The van der Waals surface area contributed by atoms with E-state index in [1.165, 1.54) is 36.1 Å².